The van der Waals surface area contributed by atoms with Crippen molar-refractivity contribution in [2.24, 2.45) is 0 Å². The second kappa shape index (κ2) is 15.8. The molecule has 7 heteroatoms. The summed E-state index contributed by atoms with van der Waals surface area (Å²) in [5.74, 6) is 0.0788. The van der Waals surface area contributed by atoms with Crippen LogP contribution < -0.4 is 5.32 Å². The molecular weight excluding hydrogens is 458 g/mol. The highest BCUT2D eigenvalue weighted by Gasteiger charge is 2.16. The van der Waals surface area contributed by atoms with Crippen molar-refractivity contribution in [1.29, 1.82) is 0 Å². The van der Waals surface area contributed by atoms with Crippen LogP contribution in [0.4, 0.5) is 0 Å². The molecule has 2 aromatic rings. The van der Waals surface area contributed by atoms with Crippen LogP contribution in [-0.4, -0.2) is 55.7 Å². The van der Waals surface area contributed by atoms with Crippen molar-refractivity contribution >= 4 is 23.3 Å². The van der Waals surface area contributed by atoms with Gasteiger partial charge in [0.15, 0.2) is 5.78 Å². The maximum absolute atomic E-state index is 12.9. The minimum atomic E-state index is -0.422. The molecule has 0 heterocycles. The molecule has 0 saturated heterocycles. The molecule has 0 aliphatic carbocycles. The standard InChI is InChI=1S/C29H37NO6/c1-4-26(31)15-17-35-19-25(20-36-18-16-27(32)5-2)30-29(34)24-13-9-22(10-14-24)21-7-11-23(12-8-21)28(33)6-3/h7-14,25H,4-6,15-20H2,1-3H3,(H,30,34). The van der Waals surface area contributed by atoms with Gasteiger partial charge >= 0.3 is 0 Å². The summed E-state index contributed by atoms with van der Waals surface area (Å²) < 4.78 is 11.2. The Morgan fingerprint density at radius 2 is 1.11 bits per heavy atom. The number of ketones is 3. The summed E-state index contributed by atoms with van der Waals surface area (Å²) in [6.45, 7) is 6.42. The Bertz CT molecular complexity index is 973. The van der Waals surface area contributed by atoms with Crippen LogP contribution in [0.5, 0.6) is 0 Å². The largest absolute Gasteiger partial charge is 0.379 e. The monoisotopic (exact) mass is 495 g/mol. The minimum Gasteiger partial charge on any atom is -0.379 e. The average Bonchev–Trinajstić information content (AvgIpc) is 2.92. The van der Waals surface area contributed by atoms with Gasteiger partial charge in [-0.05, 0) is 23.3 Å². The lowest BCUT2D eigenvalue weighted by atomic mass is 10.0. The van der Waals surface area contributed by atoms with Crippen LogP contribution in [-0.2, 0) is 19.1 Å². The van der Waals surface area contributed by atoms with E-state index in [9.17, 15) is 19.2 Å². The van der Waals surface area contributed by atoms with E-state index < -0.39 is 6.04 Å². The van der Waals surface area contributed by atoms with E-state index in [-0.39, 0.29) is 49.7 Å². The predicted molar refractivity (Wildman–Crippen MR) is 139 cm³/mol. The molecule has 0 spiro atoms. The van der Waals surface area contributed by atoms with E-state index in [0.29, 0.717) is 43.2 Å². The number of amides is 1. The highest BCUT2D eigenvalue weighted by molar-refractivity contribution is 5.96. The van der Waals surface area contributed by atoms with Crippen LogP contribution in [0, 0.1) is 0 Å². The van der Waals surface area contributed by atoms with Gasteiger partial charge < -0.3 is 14.8 Å². The van der Waals surface area contributed by atoms with Crippen molar-refractivity contribution < 1.29 is 28.7 Å². The molecule has 36 heavy (non-hydrogen) atoms. The van der Waals surface area contributed by atoms with Gasteiger partial charge in [-0.1, -0.05) is 57.2 Å². The van der Waals surface area contributed by atoms with Gasteiger partial charge in [-0.15, -0.1) is 0 Å². The first-order valence-corrected chi connectivity index (χ1v) is 12.6. The van der Waals surface area contributed by atoms with Crippen LogP contribution >= 0.6 is 0 Å². The number of nitrogens with one attached hydrogen (secondary N) is 1. The van der Waals surface area contributed by atoms with E-state index >= 15 is 0 Å². The van der Waals surface area contributed by atoms with Gasteiger partial charge in [0.05, 0.1) is 32.5 Å². The fraction of sp³-hybridized carbons (Fsp3) is 0.448. The van der Waals surface area contributed by atoms with Crippen molar-refractivity contribution in [3.05, 3.63) is 59.7 Å². The molecule has 0 aromatic heterocycles. The van der Waals surface area contributed by atoms with Crippen LogP contribution in [0.25, 0.3) is 11.1 Å². The summed E-state index contributed by atoms with van der Waals surface area (Å²) in [7, 11) is 0. The number of carbonyl (C=O) groups excluding carboxylic acids is 4. The first kappa shape index (κ1) is 29.1. The minimum absolute atomic E-state index is 0.102. The van der Waals surface area contributed by atoms with E-state index in [2.05, 4.69) is 5.32 Å². The Kier molecular flexibility index (Phi) is 12.7. The number of ether oxygens (including phenoxy) is 2. The SMILES string of the molecule is CCC(=O)CCOCC(COCCC(=O)CC)NC(=O)c1ccc(-c2ccc(C(=O)CC)cc2)cc1. The molecule has 0 bridgehead atoms. The third-order valence-corrected chi connectivity index (χ3v) is 5.82. The third kappa shape index (κ3) is 9.84. The molecule has 7 nitrogen and oxygen atoms in total. The molecule has 0 radical (unpaired) electrons. The third-order valence-electron chi connectivity index (χ3n) is 5.82. The summed E-state index contributed by atoms with van der Waals surface area (Å²) >= 11 is 0. The van der Waals surface area contributed by atoms with E-state index in [1.165, 1.54) is 0 Å². The summed E-state index contributed by atoms with van der Waals surface area (Å²) in [6, 6.07) is 14.2. The van der Waals surface area contributed by atoms with Crippen LogP contribution in [0.3, 0.4) is 0 Å². The normalized spacial score (nSPS) is 10.9. The van der Waals surface area contributed by atoms with Crippen LogP contribution in [0.1, 0.15) is 73.6 Å². The molecule has 0 aliphatic rings. The molecule has 0 unspecified atom stereocenters. The summed E-state index contributed by atoms with van der Waals surface area (Å²) in [6.07, 6.45) is 2.06. The fourth-order valence-corrected chi connectivity index (χ4v) is 3.44. The molecule has 0 fully saturated rings. The lowest BCUT2D eigenvalue weighted by molar-refractivity contribution is -0.120. The quantitative estimate of drug-likeness (QED) is 0.250. The summed E-state index contributed by atoms with van der Waals surface area (Å²) in [4.78, 5) is 47.7. The molecule has 2 aromatic carbocycles. The maximum atomic E-state index is 12.9. The van der Waals surface area contributed by atoms with Gasteiger partial charge in [0.1, 0.15) is 11.6 Å². The first-order chi connectivity index (χ1) is 17.4. The van der Waals surface area contributed by atoms with Gasteiger partial charge in [-0.3, -0.25) is 19.2 Å². The van der Waals surface area contributed by atoms with Gasteiger partial charge in [0.2, 0.25) is 0 Å². The van der Waals surface area contributed by atoms with E-state index in [4.69, 9.17) is 9.47 Å². The Labute approximate surface area is 213 Å². The van der Waals surface area contributed by atoms with Crippen molar-refractivity contribution in [3.63, 3.8) is 0 Å². The zero-order valence-electron chi connectivity index (χ0n) is 21.5. The predicted octanol–water partition coefficient (Wildman–Crippen LogP) is 4.82. The molecule has 2 rings (SSSR count). The molecular formula is C29H37NO6. The second-order valence-corrected chi connectivity index (χ2v) is 8.54. The van der Waals surface area contributed by atoms with E-state index in [1.54, 1.807) is 12.1 Å². The summed E-state index contributed by atoms with van der Waals surface area (Å²) in [5, 5.41) is 2.93. The number of Topliss-reactive ketones (excluding diaryl/α,β-unsaturated/α-hetero) is 3. The fourth-order valence-electron chi connectivity index (χ4n) is 3.44. The van der Waals surface area contributed by atoms with Crippen molar-refractivity contribution in [3.8, 4) is 11.1 Å². The maximum Gasteiger partial charge on any atom is 0.251 e. The zero-order valence-corrected chi connectivity index (χ0v) is 21.5. The Morgan fingerprint density at radius 3 is 1.53 bits per heavy atom. The molecule has 1 N–H and O–H groups in total. The van der Waals surface area contributed by atoms with Crippen molar-refractivity contribution in [2.75, 3.05) is 26.4 Å². The van der Waals surface area contributed by atoms with Gasteiger partial charge in [0.25, 0.3) is 5.91 Å². The highest BCUT2D eigenvalue weighted by Crippen LogP contribution is 2.21. The Morgan fingerprint density at radius 1 is 0.667 bits per heavy atom. The molecule has 0 atom stereocenters. The molecule has 194 valence electrons. The number of benzene rings is 2. The van der Waals surface area contributed by atoms with Gasteiger partial charge in [-0.2, -0.15) is 0 Å². The number of hydrogen-bond acceptors (Lipinski definition) is 6. The molecule has 0 aliphatic heterocycles. The lowest BCUT2D eigenvalue weighted by Crippen LogP contribution is -2.42. The zero-order chi connectivity index (χ0) is 26.3. The lowest BCUT2D eigenvalue weighted by Gasteiger charge is -2.19. The smallest absolute Gasteiger partial charge is 0.251 e. The number of carbonyl (C=O) groups is 4. The summed E-state index contributed by atoms with van der Waals surface area (Å²) in [5.41, 5.74) is 3.07. The number of hydrogen-bond donors (Lipinski definition) is 1. The van der Waals surface area contributed by atoms with Gasteiger partial charge in [0, 0.05) is 43.2 Å². The van der Waals surface area contributed by atoms with Crippen molar-refractivity contribution in [1.82, 2.24) is 5.32 Å². The molecule has 1 amide bonds. The Balaban J connectivity index is 1.97. The van der Waals surface area contributed by atoms with Crippen molar-refractivity contribution in [2.45, 2.75) is 58.9 Å². The van der Waals surface area contributed by atoms with Gasteiger partial charge in [-0.25, -0.2) is 0 Å². The topological polar surface area (TPSA) is 98.8 Å². The van der Waals surface area contributed by atoms with Crippen LogP contribution in [0.15, 0.2) is 48.5 Å². The Hall–Kier alpha value is -3.16. The number of rotatable bonds is 17. The van der Waals surface area contributed by atoms with E-state index in [1.807, 2.05) is 57.2 Å². The second-order valence-electron chi connectivity index (χ2n) is 8.54. The molecule has 0 saturated carbocycles. The van der Waals surface area contributed by atoms with E-state index in [0.717, 1.165) is 11.1 Å². The van der Waals surface area contributed by atoms with Crippen LogP contribution in [0.2, 0.25) is 0 Å². The highest BCUT2D eigenvalue weighted by atomic mass is 16.5. The average molecular weight is 496 g/mol. The first-order valence-electron chi connectivity index (χ1n) is 12.6.